The van der Waals surface area contributed by atoms with E-state index in [9.17, 15) is 9.59 Å². The smallest absolute Gasteiger partial charge is 0.251 e. The van der Waals surface area contributed by atoms with Crippen molar-refractivity contribution < 1.29 is 13.9 Å². The van der Waals surface area contributed by atoms with Crippen molar-refractivity contribution in [2.45, 2.75) is 13.8 Å². The Morgan fingerprint density at radius 3 is 2.54 bits per heavy atom. The molecule has 5 heteroatoms. The van der Waals surface area contributed by atoms with Gasteiger partial charge in [0.2, 0.25) is 0 Å². The fraction of sp³-hybridized carbons (Fsp3) is 0.238. The molecular weight excluding hydrogens is 330 g/mol. The highest BCUT2D eigenvalue weighted by atomic mass is 16.5. The van der Waals surface area contributed by atoms with E-state index < -0.39 is 0 Å². The molecule has 0 fully saturated rings. The lowest BCUT2D eigenvalue weighted by atomic mass is 10.1. The maximum Gasteiger partial charge on any atom is 0.251 e. The van der Waals surface area contributed by atoms with Crippen LogP contribution in [0.5, 0.6) is 0 Å². The molecule has 0 saturated carbocycles. The van der Waals surface area contributed by atoms with Crippen molar-refractivity contribution in [2.24, 2.45) is 0 Å². The third-order valence-electron chi connectivity index (χ3n) is 4.18. The van der Waals surface area contributed by atoms with Gasteiger partial charge in [0.15, 0.2) is 5.43 Å². The van der Waals surface area contributed by atoms with Crippen molar-refractivity contribution in [1.82, 2.24) is 5.32 Å². The minimum Gasteiger partial charge on any atom is -0.456 e. The van der Waals surface area contributed by atoms with Crippen LogP contribution in [-0.2, 0) is 4.74 Å². The SMILES string of the molecule is COCCNC(=O)c1ccc(-c2cc(=O)c3cc(C)cc(C)c3o2)cc1. The van der Waals surface area contributed by atoms with Crippen molar-refractivity contribution in [1.29, 1.82) is 0 Å². The average molecular weight is 351 g/mol. The molecule has 0 aliphatic heterocycles. The molecule has 0 bridgehead atoms. The minimum atomic E-state index is -0.167. The molecule has 0 unspecified atom stereocenters. The molecule has 134 valence electrons. The highest BCUT2D eigenvalue weighted by molar-refractivity contribution is 5.94. The largest absolute Gasteiger partial charge is 0.456 e. The van der Waals surface area contributed by atoms with Crippen LogP contribution in [0.3, 0.4) is 0 Å². The van der Waals surface area contributed by atoms with Gasteiger partial charge in [0.05, 0.1) is 12.0 Å². The van der Waals surface area contributed by atoms with E-state index in [-0.39, 0.29) is 11.3 Å². The van der Waals surface area contributed by atoms with Crippen molar-refractivity contribution in [3.8, 4) is 11.3 Å². The first-order chi connectivity index (χ1) is 12.5. The fourth-order valence-corrected chi connectivity index (χ4v) is 2.91. The number of hydrogen-bond acceptors (Lipinski definition) is 4. The molecule has 3 aromatic rings. The Morgan fingerprint density at radius 1 is 1.12 bits per heavy atom. The van der Waals surface area contributed by atoms with Crippen LogP contribution in [0.25, 0.3) is 22.3 Å². The normalized spacial score (nSPS) is 10.9. The Balaban J connectivity index is 1.92. The van der Waals surface area contributed by atoms with E-state index in [1.807, 2.05) is 26.0 Å². The Bertz CT molecular complexity index is 1000. The summed E-state index contributed by atoms with van der Waals surface area (Å²) in [4.78, 5) is 24.5. The molecule has 0 aliphatic rings. The molecule has 0 spiro atoms. The molecule has 1 amide bonds. The number of aryl methyl sites for hydroxylation is 2. The van der Waals surface area contributed by atoms with Crippen LogP contribution in [0, 0.1) is 13.8 Å². The van der Waals surface area contributed by atoms with E-state index in [1.54, 1.807) is 31.4 Å². The summed E-state index contributed by atoms with van der Waals surface area (Å²) in [7, 11) is 1.58. The number of methoxy groups -OCH3 is 1. The van der Waals surface area contributed by atoms with Crippen LogP contribution < -0.4 is 10.7 Å². The lowest BCUT2D eigenvalue weighted by Gasteiger charge is -2.08. The maximum absolute atomic E-state index is 12.5. The topological polar surface area (TPSA) is 68.5 Å². The lowest BCUT2D eigenvalue weighted by molar-refractivity contribution is 0.0937. The van der Waals surface area contributed by atoms with Gasteiger partial charge in [-0.25, -0.2) is 0 Å². The van der Waals surface area contributed by atoms with E-state index in [1.165, 1.54) is 6.07 Å². The zero-order chi connectivity index (χ0) is 18.7. The van der Waals surface area contributed by atoms with Gasteiger partial charge in [0.1, 0.15) is 11.3 Å². The Kier molecular flexibility index (Phi) is 5.19. The third-order valence-corrected chi connectivity index (χ3v) is 4.18. The van der Waals surface area contributed by atoms with Crippen LogP contribution >= 0.6 is 0 Å². The summed E-state index contributed by atoms with van der Waals surface area (Å²) in [5.41, 5.74) is 3.76. The molecule has 0 saturated heterocycles. The number of carbonyl (C=O) groups is 1. The summed E-state index contributed by atoms with van der Waals surface area (Å²) in [6.45, 7) is 4.80. The first-order valence-corrected chi connectivity index (χ1v) is 8.42. The van der Waals surface area contributed by atoms with Crippen LogP contribution in [0.4, 0.5) is 0 Å². The predicted octanol–water partition coefficient (Wildman–Crippen LogP) is 3.45. The molecule has 0 aliphatic carbocycles. The van der Waals surface area contributed by atoms with Crippen molar-refractivity contribution in [3.63, 3.8) is 0 Å². The number of nitrogens with one attached hydrogen (secondary N) is 1. The number of benzene rings is 2. The average Bonchev–Trinajstić information content (AvgIpc) is 2.62. The van der Waals surface area contributed by atoms with E-state index in [0.717, 1.165) is 16.7 Å². The molecule has 1 aromatic heterocycles. The number of ether oxygens (including phenoxy) is 1. The maximum atomic E-state index is 12.5. The van der Waals surface area contributed by atoms with Gasteiger partial charge >= 0.3 is 0 Å². The van der Waals surface area contributed by atoms with Crippen LogP contribution in [0.15, 0.2) is 51.7 Å². The van der Waals surface area contributed by atoms with Crippen LogP contribution in [0.1, 0.15) is 21.5 Å². The van der Waals surface area contributed by atoms with E-state index in [2.05, 4.69) is 5.32 Å². The first kappa shape index (κ1) is 17.9. The second kappa shape index (κ2) is 7.54. The van der Waals surface area contributed by atoms with E-state index in [4.69, 9.17) is 9.15 Å². The van der Waals surface area contributed by atoms with Gasteiger partial charge < -0.3 is 14.5 Å². The summed E-state index contributed by atoms with van der Waals surface area (Å²) in [5, 5.41) is 3.35. The number of fused-ring (bicyclic) bond motifs is 1. The van der Waals surface area contributed by atoms with Gasteiger partial charge in [0.25, 0.3) is 5.91 Å². The molecule has 1 heterocycles. The molecule has 26 heavy (non-hydrogen) atoms. The number of carbonyl (C=O) groups excluding carboxylic acids is 1. The van der Waals surface area contributed by atoms with Gasteiger partial charge in [-0.15, -0.1) is 0 Å². The van der Waals surface area contributed by atoms with Gasteiger partial charge in [-0.05, 0) is 43.2 Å². The van der Waals surface area contributed by atoms with Gasteiger partial charge in [0, 0.05) is 30.8 Å². The Morgan fingerprint density at radius 2 is 1.85 bits per heavy atom. The highest BCUT2D eigenvalue weighted by Gasteiger charge is 2.11. The zero-order valence-electron chi connectivity index (χ0n) is 15.1. The summed E-state index contributed by atoms with van der Waals surface area (Å²) < 4.78 is 10.9. The Hall–Kier alpha value is -2.92. The van der Waals surface area contributed by atoms with E-state index in [0.29, 0.717) is 35.4 Å². The second-order valence-electron chi connectivity index (χ2n) is 6.26. The standard InChI is InChI=1S/C21H21NO4/c1-13-10-14(2)20-17(11-13)18(23)12-19(26-20)15-4-6-16(7-5-15)21(24)22-8-9-25-3/h4-7,10-12H,8-9H2,1-3H3,(H,22,24). The third kappa shape index (κ3) is 3.68. The molecule has 1 N–H and O–H groups in total. The molecule has 0 atom stereocenters. The first-order valence-electron chi connectivity index (χ1n) is 8.42. The minimum absolute atomic E-state index is 0.0746. The number of rotatable bonds is 5. The highest BCUT2D eigenvalue weighted by Crippen LogP contribution is 2.25. The molecule has 2 aromatic carbocycles. The van der Waals surface area contributed by atoms with Crippen molar-refractivity contribution in [2.75, 3.05) is 20.3 Å². The summed E-state index contributed by atoms with van der Waals surface area (Å²) in [6, 6.07) is 12.3. The molecular formula is C21H21NO4. The van der Waals surface area contributed by atoms with Crippen molar-refractivity contribution in [3.05, 3.63) is 69.4 Å². The summed E-state index contributed by atoms with van der Waals surface area (Å²) in [5.74, 6) is 0.320. The van der Waals surface area contributed by atoms with Gasteiger partial charge in [-0.1, -0.05) is 18.2 Å². The molecule has 5 nitrogen and oxygen atoms in total. The monoisotopic (exact) mass is 351 g/mol. The summed E-state index contributed by atoms with van der Waals surface area (Å²) in [6.07, 6.45) is 0. The van der Waals surface area contributed by atoms with Crippen LogP contribution in [0.2, 0.25) is 0 Å². The van der Waals surface area contributed by atoms with Crippen molar-refractivity contribution >= 4 is 16.9 Å². The Labute approximate surface area is 151 Å². The lowest BCUT2D eigenvalue weighted by Crippen LogP contribution is -2.26. The van der Waals surface area contributed by atoms with Gasteiger partial charge in [-0.2, -0.15) is 0 Å². The predicted molar refractivity (Wildman–Crippen MR) is 102 cm³/mol. The number of amides is 1. The fourth-order valence-electron chi connectivity index (χ4n) is 2.91. The molecule has 3 rings (SSSR count). The second-order valence-corrected chi connectivity index (χ2v) is 6.26. The number of hydrogen-bond donors (Lipinski definition) is 1. The molecule has 0 radical (unpaired) electrons. The quantitative estimate of drug-likeness (QED) is 0.715. The van der Waals surface area contributed by atoms with Gasteiger partial charge in [-0.3, -0.25) is 9.59 Å². The van der Waals surface area contributed by atoms with E-state index >= 15 is 0 Å². The zero-order valence-corrected chi connectivity index (χ0v) is 15.1. The summed E-state index contributed by atoms with van der Waals surface area (Å²) >= 11 is 0. The van der Waals surface area contributed by atoms with Crippen LogP contribution in [-0.4, -0.2) is 26.2 Å².